The van der Waals surface area contributed by atoms with Gasteiger partial charge in [0.1, 0.15) is 5.75 Å². The molecule has 3 aromatic heterocycles. The molecule has 0 spiro atoms. The van der Waals surface area contributed by atoms with Gasteiger partial charge in [0.05, 0.1) is 12.2 Å². The fraction of sp³-hybridized carbons (Fsp3) is 0.250. The summed E-state index contributed by atoms with van der Waals surface area (Å²) in [6, 6.07) is 11.5. The number of nitrogens with zero attached hydrogens (tertiary/aromatic N) is 7. The van der Waals surface area contributed by atoms with Crippen molar-refractivity contribution in [3.8, 4) is 11.5 Å². The number of hydrogen-bond acceptors (Lipinski definition) is 10. The molecule has 1 N–H and O–H groups in total. The third kappa shape index (κ3) is 5.78. The summed E-state index contributed by atoms with van der Waals surface area (Å²) in [6.07, 6.45) is 1.77. The number of hydrogen-bond donors (Lipinski definition) is 1. The maximum absolute atomic E-state index is 6.13. The molecule has 0 aliphatic rings. The number of aromatic nitrogens is 6. The molecular formula is C20H22N8OS2. The number of tetrazole rings is 1. The summed E-state index contributed by atoms with van der Waals surface area (Å²) in [7, 11) is 4.04. The molecule has 0 saturated carbocycles. The first kappa shape index (κ1) is 21.2. The summed E-state index contributed by atoms with van der Waals surface area (Å²) in [6.45, 7) is 3.50. The normalized spacial score (nSPS) is 11.1. The van der Waals surface area contributed by atoms with Crippen LogP contribution in [-0.2, 0) is 6.54 Å². The second-order valence-corrected chi connectivity index (χ2v) is 8.84. The highest BCUT2D eigenvalue weighted by Crippen LogP contribution is 2.35. The topological polar surface area (TPSA) is 93.9 Å². The van der Waals surface area contributed by atoms with Crippen molar-refractivity contribution in [1.82, 2.24) is 35.1 Å². The Kier molecular flexibility index (Phi) is 6.75. The summed E-state index contributed by atoms with van der Waals surface area (Å²) in [5, 5.41) is 18.8. The summed E-state index contributed by atoms with van der Waals surface area (Å²) in [5.74, 6) is 1.91. The van der Waals surface area contributed by atoms with E-state index in [-0.39, 0.29) is 0 Å². The highest BCUT2D eigenvalue weighted by Gasteiger charge is 2.14. The number of likely N-dealkylation sites (N-methyl/N-ethyl adjacent to an activating group) is 1. The molecule has 0 bridgehead atoms. The van der Waals surface area contributed by atoms with E-state index in [9.17, 15) is 0 Å². The van der Waals surface area contributed by atoms with Crippen molar-refractivity contribution in [1.29, 1.82) is 0 Å². The fourth-order valence-corrected chi connectivity index (χ4v) is 4.07. The monoisotopic (exact) mass is 454 g/mol. The largest absolute Gasteiger partial charge is 0.453 e. The van der Waals surface area contributed by atoms with Crippen LogP contribution in [0.5, 0.6) is 11.5 Å². The average molecular weight is 455 g/mol. The van der Waals surface area contributed by atoms with E-state index >= 15 is 0 Å². The quantitative estimate of drug-likeness (QED) is 0.401. The Labute approximate surface area is 188 Å². The zero-order chi connectivity index (χ0) is 21.6. The summed E-state index contributed by atoms with van der Waals surface area (Å²) >= 11 is 2.96. The molecule has 9 nitrogen and oxygen atoms in total. The number of benzene rings is 1. The fourth-order valence-electron chi connectivity index (χ4n) is 2.59. The minimum absolute atomic E-state index is 0.592. The third-order valence-electron chi connectivity index (χ3n) is 4.11. The minimum Gasteiger partial charge on any atom is -0.453 e. The second kappa shape index (κ2) is 9.86. The first-order valence-electron chi connectivity index (χ1n) is 9.57. The standard InChI is InChI=1S/C20H22N8OS2/c1-14-13-30-19(22-14)23-18-17(29-15-7-5-4-6-8-15)11-16(12-21-18)31-20-24-25-26-28(20)10-9-27(2)3/h4-8,11-13H,9-10H2,1-3H3,(H,21,22,23). The Morgan fingerprint density at radius 1 is 1.23 bits per heavy atom. The van der Waals surface area contributed by atoms with E-state index in [1.807, 2.05) is 62.8 Å². The van der Waals surface area contributed by atoms with Gasteiger partial charge in [0.15, 0.2) is 16.7 Å². The molecule has 0 unspecified atom stereocenters. The molecule has 0 saturated heterocycles. The number of thiazole rings is 1. The molecule has 0 radical (unpaired) electrons. The van der Waals surface area contributed by atoms with Crippen LogP contribution in [0.3, 0.4) is 0 Å². The van der Waals surface area contributed by atoms with E-state index < -0.39 is 0 Å². The molecule has 0 fully saturated rings. The van der Waals surface area contributed by atoms with E-state index in [2.05, 4.69) is 35.7 Å². The van der Waals surface area contributed by atoms with Gasteiger partial charge >= 0.3 is 0 Å². The highest BCUT2D eigenvalue weighted by atomic mass is 32.2. The summed E-state index contributed by atoms with van der Waals surface area (Å²) in [4.78, 5) is 12.0. The van der Waals surface area contributed by atoms with E-state index in [1.54, 1.807) is 10.9 Å². The molecule has 0 amide bonds. The Hall–Kier alpha value is -3.02. The number of ether oxygens (including phenoxy) is 1. The Morgan fingerprint density at radius 3 is 2.81 bits per heavy atom. The molecule has 11 heteroatoms. The number of nitrogens with one attached hydrogen (secondary N) is 1. The predicted octanol–water partition coefficient (Wildman–Crippen LogP) is 4.08. The van der Waals surface area contributed by atoms with Crippen LogP contribution < -0.4 is 10.1 Å². The van der Waals surface area contributed by atoms with Gasteiger partial charge in [-0.2, -0.15) is 0 Å². The van der Waals surface area contributed by atoms with E-state index in [0.29, 0.717) is 23.3 Å². The lowest BCUT2D eigenvalue weighted by molar-refractivity contribution is 0.361. The van der Waals surface area contributed by atoms with Crippen LogP contribution in [0, 0.1) is 6.92 Å². The smallest absolute Gasteiger partial charge is 0.214 e. The Morgan fingerprint density at radius 2 is 2.06 bits per heavy atom. The van der Waals surface area contributed by atoms with Gasteiger partial charge in [-0.15, -0.1) is 16.4 Å². The lowest BCUT2D eigenvalue weighted by Crippen LogP contribution is -2.19. The number of pyridine rings is 1. The van der Waals surface area contributed by atoms with Gasteiger partial charge in [-0.3, -0.25) is 0 Å². The van der Waals surface area contributed by atoms with Crippen LogP contribution in [0.2, 0.25) is 0 Å². The van der Waals surface area contributed by atoms with Gasteiger partial charge in [0.25, 0.3) is 0 Å². The Bertz CT molecular complexity index is 1130. The van der Waals surface area contributed by atoms with Crippen LogP contribution in [0.4, 0.5) is 10.9 Å². The van der Waals surface area contributed by atoms with Gasteiger partial charge in [0.2, 0.25) is 5.16 Å². The van der Waals surface area contributed by atoms with Crippen molar-refractivity contribution < 1.29 is 4.74 Å². The van der Waals surface area contributed by atoms with Crippen LogP contribution in [0.15, 0.2) is 58.0 Å². The van der Waals surface area contributed by atoms with Crippen molar-refractivity contribution in [2.24, 2.45) is 0 Å². The first-order chi connectivity index (χ1) is 15.1. The molecule has 0 aliphatic carbocycles. The molecule has 3 heterocycles. The number of rotatable bonds is 9. The van der Waals surface area contributed by atoms with Crippen molar-refractivity contribution >= 4 is 34.0 Å². The molecular weight excluding hydrogens is 432 g/mol. The van der Waals surface area contributed by atoms with Crippen LogP contribution >= 0.6 is 23.1 Å². The van der Waals surface area contributed by atoms with Crippen LogP contribution in [-0.4, -0.2) is 55.7 Å². The molecule has 31 heavy (non-hydrogen) atoms. The van der Waals surface area contributed by atoms with Crippen molar-refractivity contribution in [2.75, 3.05) is 26.0 Å². The van der Waals surface area contributed by atoms with Crippen molar-refractivity contribution in [3.05, 3.63) is 53.7 Å². The minimum atomic E-state index is 0.592. The molecule has 4 rings (SSSR count). The zero-order valence-electron chi connectivity index (χ0n) is 17.4. The molecule has 1 aromatic carbocycles. The molecule has 160 valence electrons. The van der Waals surface area contributed by atoms with Crippen LogP contribution in [0.1, 0.15) is 5.69 Å². The van der Waals surface area contributed by atoms with Crippen molar-refractivity contribution in [3.63, 3.8) is 0 Å². The number of para-hydroxylation sites is 1. The van der Waals surface area contributed by atoms with E-state index in [4.69, 9.17) is 4.74 Å². The number of aryl methyl sites for hydroxylation is 1. The zero-order valence-corrected chi connectivity index (χ0v) is 19.0. The van der Waals surface area contributed by atoms with Gasteiger partial charge in [-0.05, 0) is 55.3 Å². The lowest BCUT2D eigenvalue weighted by atomic mass is 10.3. The Balaban J connectivity index is 1.59. The van der Waals surface area contributed by atoms with Crippen LogP contribution in [0.25, 0.3) is 0 Å². The van der Waals surface area contributed by atoms with Gasteiger partial charge < -0.3 is 15.0 Å². The van der Waals surface area contributed by atoms with E-state index in [1.165, 1.54) is 23.1 Å². The summed E-state index contributed by atoms with van der Waals surface area (Å²) < 4.78 is 7.92. The van der Waals surface area contributed by atoms with Gasteiger partial charge in [0, 0.05) is 29.1 Å². The highest BCUT2D eigenvalue weighted by molar-refractivity contribution is 7.99. The predicted molar refractivity (Wildman–Crippen MR) is 121 cm³/mol. The molecule has 0 aliphatic heterocycles. The molecule has 4 aromatic rings. The molecule has 0 atom stereocenters. The van der Waals surface area contributed by atoms with Gasteiger partial charge in [-0.25, -0.2) is 14.6 Å². The van der Waals surface area contributed by atoms with E-state index in [0.717, 1.165) is 28.0 Å². The third-order valence-corrected chi connectivity index (χ3v) is 5.92. The number of anilines is 2. The van der Waals surface area contributed by atoms with Gasteiger partial charge in [-0.1, -0.05) is 18.2 Å². The lowest BCUT2D eigenvalue weighted by Gasteiger charge is -2.13. The van der Waals surface area contributed by atoms with Crippen molar-refractivity contribution in [2.45, 2.75) is 23.5 Å². The second-order valence-electron chi connectivity index (χ2n) is 6.94. The maximum atomic E-state index is 6.13. The maximum Gasteiger partial charge on any atom is 0.214 e. The summed E-state index contributed by atoms with van der Waals surface area (Å²) in [5.41, 5.74) is 0.953. The average Bonchev–Trinajstić information content (AvgIpc) is 3.37. The SMILES string of the molecule is Cc1csc(Nc2ncc(Sc3nnnn3CCN(C)C)cc2Oc2ccccc2)n1. The first-order valence-corrected chi connectivity index (χ1v) is 11.3.